The number of ether oxygens (including phenoxy) is 2. The van der Waals surface area contributed by atoms with Gasteiger partial charge in [-0.2, -0.15) is 0 Å². The van der Waals surface area contributed by atoms with Crippen LogP contribution >= 0.6 is 15.9 Å². The fourth-order valence-corrected chi connectivity index (χ4v) is 4.09. The Morgan fingerprint density at radius 1 is 1.06 bits per heavy atom. The summed E-state index contributed by atoms with van der Waals surface area (Å²) in [5.74, 6) is 0.154. The first-order valence-electron chi connectivity index (χ1n) is 10.3. The van der Waals surface area contributed by atoms with Gasteiger partial charge in [-0.05, 0) is 67.4 Å². The second kappa shape index (κ2) is 9.96. The fraction of sp³-hybridized carbons (Fsp3) is 0.160. The number of carbonyl (C=O) groups is 2. The van der Waals surface area contributed by atoms with Crippen molar-refractivity contribution < 1.29 is 27.9 Å². The van der Waals surface area contributed by atoms with E-state index in [0.29, 0.717) is 16.9 Å². The second-order valence-corrected chi connectivity index (χ2v) is 8.46. The molecule has 4 rings (SSSR count). The fourth-order valence-electron chi connectivity index (χ4n) is 3.41. The topological polar surface area (TPSA) is 108 Å². The van der Waals surface area contributed by atoms with Crippen LogP contribution < -0.4 is 20.4 Å². The summed E-state index contributed by atoms with van der Waals surface area (Å²) in [5.41, 5.74) is 1.00. The van der Waals surface area contributed by atoms with Gasteiger partial charge >= 0.3 is 11.6 Å². The van der Waals surface area contributed by atoms with Crippen LogP contribution in [0.2, 0.25) is 0 Å². The van der Waals surface area contributed by atoms with Crippen molar-refractivity contribution in [3.63, 3.8) is 0 Å². The summed E-state index contributed by atoms with van der Waals surface area (Å²) in [6.07, 6.45) is 1.49. The van der Waals surface area contributed by atoms with Gasteiger partial charge in [0.25, 0.3) is 5.91 Å². The second-order valence-electron chi connectivity index (χ2n) is 7.54. The lowest BCUT2D eigenvalue weighted by Gasteiger charge is -2.12. The van der Waals surface area contributed by atoms with Crippen molar-refractivity contribution in [2.75, 3.05) is 6.61 Å². The molecule has 0 fully saturated rings. The molecule has 4 aromatic rings. The molecular weight excluding hydrogens is 506 g/mol. The number of benzene rings is 2. The summed E-state index contributed by atoms with van der Waals surface area (Å²) in [7, 11) is 0. The summed E-state index contributed by atoms with van der Waals surface area (Å²) >= 11 is 3.42. The molecule has 0 aliphatic heterocycles. The molecule has 174 valence electrons. The number of rotatable bonds is 7. The van der Waals surface area contributed by atoms with Crippen LogP contribution in [0, 0.1) is 13.8 Å². The van der Waals surface area contributed by atoms with Gasteiger partial charge in [0.1, 0.15) is 28.4 Å². The smallest absolute Gasteiger partial charge is 0.349 e. The van der Waals surface area contributed by atoms with E-state index in [4.69, 9.17) is 18.3 Å². The molecule has 9 heteroatoms. The summed E-state index contributed by atoms with van der Waals surface area (Å²) in [5, 5.41) is 3.10. The van der Waals surface area contributed by atoms with Gasteiger partial charge < -0.3 is 23.6 Å². The van der Waals surface area contributed by atoms with Crippen LogP contribution in [-0.2, 0) is 11.3 Å². The van der Waals surface area contributed by atoms with Crippen LogP contribution in [0.15, 0.2) is 72.9 Å². The highest BCUT2D eigenvalue weighted by Crippen LogP contribution is 2.27. The Labute approximate surface area is 202 Å². The van der Waals surface area contributed by atoms with Crippen LogP contribution in [0.1, 0.15) is 27.2 Å². The summed E-state index contributed by atoms with van der Waals surface area (Å²) in [6, 6.07) is 13.2. The van der Waals surface area contributed by atoms with Crippen molar-refractivity contribution in [3.05, 3.63) is 92.1 Å². The summed E-state index contributed by atoms with van der Waals surface area (Å²) in [4.78, 5) is 37.0. The van der Waals surface area contributed by atoms with Crippen molar-refractivity contribution in [1.29, 1.82) is 0 Å². The van der Waals surface area contributed by atoms with Gasteiger partial charge in [-0.3, -0.25) is 4.79 Å². The molecule has 8 nitrogen and oxygen atoms in total. The Morgan fingerprint density at radius 2 is 1.82 bits per heavy atom. The molecular formula is C25H20BrNO7. The quantitative estimate of drug-likeness (QED) is 0.212. The largest absolute Gasteiger partial charge is 0.481 e. The van der Waals surface area contributed by atoms with E-state index in [1.807, 2.05) is 26.0 Å². The SMILES string of the molecule is Cc1cc(Br)cc(C)c1OCC(=O)Oc1ccc2cc(C(=O)NCc3ccco3)c(=O)oc2c1. The number of hydrogen-bond acceptors (Lipinski definition) is 7. The molecule has 34 heavy (non-hydrogen) atoms. The highest BCUT2D eigenvalue weighted by atomic mass is 79.9. The maximum absolute atomic E-state index is 12.4. The van der Waals surface area contributed by atoms with Crippen molar-refractivity contribution in [2.24, 2.45) is 0 Å². The van der Waals surface area contributed by atoms with Crippen molar-refractivity contribution in [1.82, 2.24) is 5.32 Å². The average molecular weight is 526 g/mol. The van der Waals surface area contributed by atoms with Crippen LogP contribution in [0.4, 0.5) is 0 Å². The Balaban J connectivity index is 1.43. The molecule has 0 bridgehead atoms. The minimum atomic E-state index is -0.808. The summed E-state index contributed by atoms with van der Waals surface area (Å²) in [6.45, 7) is 3.62. The molecule has 2 aromatic heterocycles. The van der Waals surface area contributed by atoms with E-state index < -0.39 is 17.5 Å². The number of fused-ring (bicyclic) bond motifs is 1. The molecule has 0 radical (unpaired) electrons. The first-order chi connectivity index (χ1) is 16.3. The van der Waals surface area contributed by atoms with Crippen LogP contribution in [0.3, 0.4) is 0 Å². The van der Waals surface area contributed by atoms with Gasteiger partial charge in [0.2, 0.25) is 0 Å². The van der Waals surface area contributed by atoms with Crippen LogP contribution in [-0.4, -0.2) is 18.5 Å². The van der Waals surface area contributed by atoms with Crippen LogP contribution in [0.5, 0.6) is 11.5 Å². The minimum Gasteiger partial charge on any atom is -0.481 e. The number of carbonyl (C=O) groups excluding carboxylic acids is 2. The highest BCUT2D eigenvalue weighted by Gasteiger charge is 2.16. The van der Waals surface area contributed by atoms with E-state index >= 15 is 0 Å². The minimum absolute atomic E-state index is 0.138. The number of nitrogens with one attached hydrogen (secondary N) is 1. The lowest BCUT2D eigenvalue weighted by Crippen LogP contribution is -2.27. The molecule has 0 saturated heterocycles. The van der Waals surface area contributed by atoms with Crippen molar-refractivity contribution in [3.8, 4) is 11.5 Å². The Kier molecular flexibility index (Phi) is 6.83. The molecule has 0 saturated carbocycles. The molecule has 0 aliphatic rings. The van der Waals surface area contributed by atoms with Gasteiger partial charge in [0, 0.05) is 15.9 Å². The van der Waals surface area contributed by atoms with Gasteiger partial charge in [-0.15, -0.1) is 0 Å². The lowest BCUT2D eigenvalue weighted by molar-refractivity contribution is -0.136. The molecule has 0 unspecified atom stereocenters. The third kappa shape index (κ3) is 5.37. The number of hydrogen-bond donors (Lipinski definition) is 1. The standard InChI is InChI=1S/C25H20BrNO7/c1-14-8-17(26)9-15(2)23(14)32-13-22(28)33-18-6-5-16-10-20(25(30)34-21(16)11-18)24(29)27-12-19-4-3-7-31-19/h3-11H,12-13H2,1-2H3,(H,27,29). The predicted molar refractivity (Wildman–Crippen MR) is 127 cm³/mol. The normalized spacial score (nSPS) is 10.8. The van der Waals surface area contributed by atoms with E-state index in [9.17, 15) is 14.4 Å². The first kappa shape index (κ1) is 23.3. The predicted octanol–water partition coefficient (Wildman–Crippen LogP) is 4.68. The molecule has 1 N–H and O–H groups in total. The van der Waals surface area contributed by atoms with Gasteiger partial charge in [0.05, 0.1) is 12.8 Å². The van der Waals surface area contributed by atoms with Crippen molar-refractivity contribution in [2.45, 2.75) is 20.4 Å². The number of furan rings is 1. The Hall–Kier alpha value is -3.85. The molecule has 2 heterocycles. The highest BCUT2D eigenvalue weighted by molar-refractivity contribution is 9.10. The third-order valence-electron chi connectivity index (χ3n) is 4.95. The molecule has 0 atom stereocenters. The zero-order valence-corrected chi connectivity index (χ0v) is 19.9. The van der Waals surface area contributed by atoms with Crippen molar-refractivity contribution >= 4 is 38.8 Å². The van der Waals surface area contributed by atoms with Gasteiger partial charge in [0.15, 0.2) is 6.61 Å². The van der Waals surface area contributed by atoms with E-state index in [1.165, 1.54) is 18.4 Å². The maximum Gasteiger partial charge on any atom is 0.349 e. The zero-order chi connectivity index (χ0) is 24.2. The van der Waals surface area contributed by atoms with Gasteiger partial charge in [-0.25, -0.2) is 9.59 Å². The Bertz CT molecular complexity index is 1400. The first-order valence-corrected chi connectivity index (χ1v) is 11.1. The van der Waals surface area contributed by atoms with E-state index in [-0.39, 0.29) is 30.0 Å². The van der Waals surface area contributed by atoms with E-state index in [2.05, 4.69) is 21.2 Å². The van der Waals surface area contributed by atoms with E-state index in [0.717, 1.165) is 15.6 Å². The van der Waals surface area contributed by atoms with Crippen LogP contribution in [0.25, 0.3) is 11.0 Å². The third-order valence-corrected chi connectivity index (χ3v) is 5.40. The van der Waals surface area contributed by atoms with E-state index in [1.54, 1.807) is 24.3 Å². The van der Waals surface area contributed by atoms with Gasteiger partial charge in [-0.1, -0.05) is 15.9 Å². The molecule has 1 amide bonds. The number of aryl methyl sites for hydroxylation is 2. The average Bonchev–Trinajstić information content (AvgIpc) is 3.30. The number of esters is 1. The lowest BCUT2D eigenvalue weighted by atomic mass is 10.1. The molecule has 0 spiro atoms. The molecule has 0 aliphatic carbocycles. The number of halogens is 1. The summed E-state index contributed by atoms with van der Waals surface area (Å²) < 4.78 is 22.3. The zero-order valence-electron chi connectivity index (χ0n) is 18.3. The maximum atomic E-state index is 12.4. The monoisotopic (exact) mass is 525 g/mol. The number of amides is 1. The Morgan fingerprint density at radius 3 is 2.53 bits per heavy atom. The molecule has 2 aromatic carbocycles.